The minimum Gasteiger partial charge on any atom is -0.460 e. The molecule has 0 fully saturated rings. The Labute approximate surface area is 84.6 Å². The predicted octanol–water partition coefficient (Wildman–Crippen LogP) is 1.36. The Morgan fingerprint density at radius 2 is 1.90 bits per heavy atom. The molecule has 0 spiro atoms. The third kappa shape index (κ3) is 6.59. The number of carbonyl (C=O) groups is 1. The first-order chi connectivity index (χ1) is 3.98. The number of carbonyl (C=O) groups excluding carboxylic acids is 1. The van der Waals surface area contributed by atoms with Gasteiger partial charge in [-0.3, -0.25) is 4.79 Å². The van der Waals surface area contributed by atoms with Crippen molar-refractivity contribution in [2.45, 2.75) is 39.7 Å². The van der Waals surface area contributed by atoms with E-state index in [-0.39, 0.29) is 41.1 Å². The molecule has 0 bridgehead atoms. The zero-order valence-electron chi connectivity index (χ0n) is 7.52. The molecule has 0 atom stereocenters. The summed E-state index contributed by atoms with van der Waals surface area (Å²) in [6.45, 7) is 7.21. The summed E-state index contributed by atoms with van der Waals surface area (Å²) in [5, 5.41) is 0. The standard InChI is InChI=1S/C7H14O2.Na/c1-5-7(3,4)9-6(2)8;/h5H2,1-4H3;. The van der Waals surface area contributed by atoms with E-state index in [0.29, 0.717) is 0 Å². The van der Waals surface area contributed by atoms with E-state index in [9.17, 15) is 4.79 Å². The van der Waals surface area contributed by atoms with Crippen molar-refractivity contribution in [2.75, 3.05) is 0 Å². The number of hydrogen-bond donors (Lipinski definition) is 0. The second kappa shape index (κ2) is 5.16. The molecule has 0 saturated heterocycles. The van der Waals surface area contributed by atoms with Gasteiger partial charge in [-0.05, 0) is 20.3 Å². The van der Waals surface area contributed by atoms with Gasteiger partial charge in [0, 0.05) is 36.5 Å². The van der Waals surface area contributed by atoms with Crippen molar-refractivity contribution in [3.05, 3.63) is 0 Å². The molecule has 0 N–H and O–H groups in total. The molecule has 0 amide bonds. The molecule has 2 nitrogen and oxygen atoms in total. The monoisotopic (exact) mass is 153 g/mol. The van der Waals surface area contributed by atoms with Crippen molar-refractivity contribution in [1.82, 2.24) is 0 Å². The van der Waals surface area contributed by atoms with Crippen LogP contribution in [0.4, 0.5) is 0 Å². The van der Waals surface area contributed by atoms with Crippen LogP contribution < -0.4 is 0 Å². The van der Waals surface area contributed by atoms with E-state index in [2.05, 4.69) is 0 Å². The summed E-state index contributed by atoms with van der Waals surface area (Å²) >= 11 is 0. The topological polar surface area (TPSA) is 26.3 Å². The molecule has 0 unspecified atom stereocenters. The maximum atomic E-state index is 10.4. The number of esters is 1. The van der Waals surface area contributed by atoms with Crippen molar-refractivity contribution in [3.63, 3.8) is 0 Å². The maximum Gasteiger partial charge on any atom is 0.303 e. The van der Waals surface area contributed by atoms with Crippen LogP contribution >= 0.6 is 0 Å². The molecule has 55 valence electrons. The fourth-order valence-electron chi connectivity index (χ4n) is 0.461. The smallest absolute Gasteiger partial charge is 0.303 e. The summed E-state index contributed by atoms with van der Waals surface area (Å²) in [6, 6.07) is 0. The summed E-state index contributed by atoms with van der Waals surface area (Å²) in [4.78, 5) is 10.4. The summed E-state index contributed by atoms with van der Waals surface area (Å²) in [7, 11) is 0. The average molecular weight is 153 g/mol. The Hall–Kier alpha value is 0.470. The quantitative estimate of drug-likeness (QED) is 0.442. The van der Waals surface area contributed by atoms with Gasteiger partial charge in [-0.2, -0.15) is 0 Å². The molecular weight excluding hydrogens is 139 g/mol. The van der Waals surface area contributed by atoms with Gasteiger partial charge >= 0.3 is 5.97 Å². The molecule has 0 aromatic carbocycles. The van der Waals surface area contributed by atoms with E-state index in [0.717, 1.165) is 6.42 Å². The van der Waals surface area contributed by atoms with Crippen LogP contribution in [0.2, 0.25) is 0 Å². The van der Waals surface area contributed by atoms with Crippen LogP contribution in [0.5, 0.6) is 0 Å². The van der Waals surface area contributed by atoms with Gasteiger partial charge in [-0.15, -0.1) is 0 Å². The summed E-state index contributed by atoms with van der Waals surface area (Å²) < 4.78 is 4.95. The number of ether oxygens (including phenoxy) is 1. The first kappa shape index (κ1) is 13.1. The first-order valence-electron chi connectivity index (χ1n) is 3.17. The van der Waals surface area contributed by atoms with E-state index in [1.807, 2.05) is 20.8 Å². The molecule has 10 heavy (non-hydrogen) atoms. The third-order valence-corrected chi connectivity index (χ3v) is 1.27. The molecule has 0 heterocycles. The zero-order valence-corrected chi connectivity index (χ0v) is 9.52. The second-order valence-corrected chi connectivity index (χ2v) is 2.71. The van der Waals surface area contributed by atoms with Crippen molar-refractivity contribution >= 4 is 35.5 Å². The Bertz CT molecular complexity index is 110. The molecule has 0 saturated carbocycles. The Balaban J connectivity index is 0. The molecule has 0 aliphatic heterocycles. The van der Waals surface area contributed by atoms with Crippen LogP contribution in [-0.2, 0) is 9.53 Å². The fraction of sp³-hybridized carbons (Fsp3) is 0.857. The average Bonchev–Trinajstić information content (AvgIpc) is 1.63. The minimum absolute atomic E-state index is 0. The van der Waals surface area contributed by atoms with Crippen LogP contribution in [0.15, 0.2) is 0 Å². The largest absolute Gasteiger partial charge is 0.460 e. The van der Waals surface area contributed by atoms with Gasteiger partial charge in [0.15, 0.2) is 0 Å². The first-order valence-corrected chi connectivity index (χ1v) is 3.17. The normalized spacial score (nSPS) is 10.0. The van der Waals surface area contributed by atoms with Gasteiger partial charge in [0.05, 0.1) is 0 Å². The molecule has 0 rings (SSSR count). The summed E-state index contributed by atoms with van der Waals surface area (Å²) in [6.07, 6.45) is 0.854. The second-order valence-electron chi connectivity index (χ2n) is 2.71. The molecule has 3 heteroatoms. The summed E-state index contributed by atoms with van der Waals surface area (Å²) in [5.41, 5.74) is -0.286. The Morgan fingerprint density at radius 1 is 1.50 bits per heavy atom. The van der Waals surface area contributed by atoms with Gasteiger partial charge in [0.1, 0.15) is 5.60 Å². The molecule has 0 aliphatic carbocycles. The maximum absolute atomic E-state index is 10.4. The van der Waals surface area contributed by atoms with Gasteiger partial charge in [-0.1, -0.05) is 6.92 Å². The molecular formula is C7H14NaO2. The van der Waals surface area contributed by atoms with Crippen molar-refractivity contribution < 1.29 is 9.53 Å². The number of hydrogen-bond acceptors (Lipinski definition) is 2. The van der Waals surface area contributed by atoms with Crippen LogP contribution in [0.3, 0.4) is 0 Å². The van der Waals surface area contributed by atoms with Gasteiger partial charge < -0.3 is 4.74 Å². The van der Waals surface area contributed by atoms with Gasteiger partial charge in [0.25, 0.3) is 0 Å². The molecule has 1 radical (unpaired) electrons. The SMILES string of the molecule is CCC(C)(C)OC(C)=O.[Na]. The van der Waals surface area contributed by atoms with Crippen LogP contribution in [0.25, 0.3) is 0 Å². The van der Waals surface area contributed by atoms with Crippen LogP contribution in [0, 0.1) is 0 Å². The third-order valence-electron chi connectivity index (χ3n) is 1.27. The molecule has 0 aliphatic rings. The minimum atomic E-state index is -0.286. The van der Waals surface area contributed by atoms with E-state index < -0.39 is 0 Å². The predicted molar refractivity (Wildman–Crippen MR) is 41.9 cm³/mol. The van der Waals surface area contributed by atoms with Crippen LogP contribution in [0.1, 0.15) is 34.1 Å². The van der Waals surface area contributed by atoms with Crippen molar-refractivity contribution in [2.24, 2.45) is 0 Å². The number of rotatable bonds is 2. The molecule has 0 aromatic heterocycles. The Morgan fingerprint density at radius 3 is 2.00 bits per heavy atom. The van der Waals surface area contributed by atoms with E-state index in [1.165, 1.54) is 6.92 Å². The zero-order chi connectivity index (χ0) is 7.49. The van der Waals surface area contributed by atoms with E-state index in [1.54, 1.807) is 0 Å². The van der Waals surface area contributed by atoms with Crippen molar-refractivity contribution in [3.8, 4) is 0 Å². The van der Waals surface area contributed by atoms with Crippen molar-refractivity contribution in [1.29, 1.82) is 0 Å². The van der Waals surface area contributed by atoms with E-state index in [4.69, 9.17) is 4.74 Å². The summed E-state index contributed by atoms with van der Waals surface area (Å²) in [5.74, 6) is -0.207. The van der Waals surface area contributed by atoms with E-state index >= 15 is 0 Å². The van der Waals surface area contributed by atoms with Crippen LogP contribution in [-0.4, -0.2) is 41.1 Å². The van der Waals surface area contributed by atoms with Gasteiger partial charge in [0.2, 0.25) is 0 Å². The fourth-order valence-corrected chi connectivity index (χ4v) is 0.461. The molecule has 0 aromatic rings. The van der Waals surface area contributed by atoms with Gasteiger partial charge in [-0.25, -0.2) is 0 Å². The Kier molecular flexibility index (Phi) is 6.76.